The second kappa shape index (κ2) is 51.3. The zero-order chi connectivity index (χ0) is 109. The summed E-state index contributed by atoms with van der Waals surface area (Å²) in [4.78, 5) is 56.5. The van der Waals surface area contributed by atoms with Crippen LogP contribution >= 0.6 is 0 Å². The van der Waals surface area contributed by atoms with Crippen molar-refractivity contribution in [3.05, 3.63) is 218 Å². The van der Waals surface area contributed by atoms with E-state index in [1.54, 1.807) is 58.8 Å². The summed E-state index contributed by atoms with van der Waals surface area (Å²) in [6.07, 6.45) is 12.9. The highest BCUT2D eigenvalue weighted by Crippen LogP contribution is 2.43. The number of rotatable bonds is 12. The van der Waals surface area contributed by atoms with Crippen molar-refractivity contribution < 1.29 is 45.8 Å². The van der Waals surface area contributed by atoms with E-state index in [-0.39, 0.29) is 94.6 Å². The quantitative estimate of drug-likeness (QED) is 0.0416. The number of Topliss-reactive ketones (excluding diaryl/α,β-unsaturated/α-hetero) is 1. The molecule has 0 atom stereocenters. The third-order valence-electron chi connectivity index (χ3n) is 22.0. The third kappa shape index (κ3) is 39.8. The predicted molar refractivity (Wildman–Crippen MR) is 570 cm³/mol. The number of allylic oxidation sites excluding steroid dienone is 3. The van der Waals surface area contributed by atoms with E-state index >= 15 is 0 Å². The van der Waals surface area contributed by atoms with Gasteiger partial charge in [-0.05, 0) is 113 Å². The Balaban J connectivity index is 0.000000329. The molecule has 3 aliphatic heterocycles. The van der Waals surface area contributed by atoms with Gasteiger partial charge in [0.25, 0.3) is 11.8 Å². The Labute approximate surface area is 847 Å². The molecule has 1 aliphatic carbocycles. The summed E-state index contributed by atoms with van der Waals surface area (Å²) in [6, 6.07) is 18.7. The van der Waals surface area contributed by atoms with Crippen LogP contribution in [-0.4, -0.2) is 185 Å². The van der Waals surface area contributed by atoms with Crippen molar-refractivity contribution >= 4 is 34.7 Å². The molecule has 1 aromatic carbocycles. The SMILES string of the molecule is C=C(C)C1=CC(C(C)(C)C)=NC1.CC(=O)c1cc(C(C)(C)C)[nH]n1.CC(C)(C)C1=NCC(C2CC2)=C1F.CC(C)(C)c1cc(-c2cnccn2)n[nH]1.CC(C)(C)c1ccn(C(F)F)n1.CCOC1=CC(C(C)(C)C)=NC1.CCOc1cc(C(C)(C)C)[nH]n1.CN(C)C(=O)c1cc(C(C)(C)C)[nH]n1.CNC(=O)c1cc(C(C)(C)C)[nH]n1.Cc1[nH]nc(C(C)(C)C)c1F.Cc1ccccc1-c1n[nH]c(C(C)(C)C)c1F. The first-order chi connectivity index (χ1) is 65.5. The molecular formula is C110H168F5N23O5. The molecule has 0 bridgehead atoms. The molecule has 9 aromatic heterocycles. The van der Waals surface area contributed by atoms with E-state index in [0.29, 0.717) is 80.9 Å². The smallest absolute Gasteiger partial charge is 0.333 e. The highest BCUT2D eigenvalue weighted by Gasteiger charge is 2.37. The highest BCUT2D eigenvalue weighted by atomic mass is 19.3. The number of hydrogen-bond donors (Lipinski definition) is 8. The minimum absolute atomic E-state index is 0.000723. The van der Waals surface area contributed by atoms with Crippen LogP contribution < -0.4 is 10.1 Å². The summed E-state index contributed by atoms with van der Waals surface area (Å²) in [5, 5.41) is 54.3. The van der Waals surface area contributed by atoms with Crippen LogP contribution in [0.25, 0.3) is 22.6 Å². The van der Waals surface area contributed by atoms with Gasteiger partial charge >= 0.3 is 6.55 Å². The van der Waals surface area contributed by atoms with Crippen molar-refractivity contribution in [1.29, 1.82) is 0 Å². The highest BCUT2D eigenvalue weighted by molar-refractivity contribution is 6.04. The molecule has 4 aliphatic rings. The molecule has 0 radical (unpaired) electrons. The van der Waals surface area contributed by atoms with Gasteiger partial charge in [0.1, 0.15) is 51.4 Å². The number of ether oxygens (including phenoxy) is 2. The minimum atomic E-state index is -2.54. The van der Waals surface area contributed by atoms with Crippen LogP contribution in [0.5, 0.6) is 5.88 Å². The summed E-state index contributed by atoms with van der Waals surface area (Å²) in [5.74, 6) is 1.51. The van der Waals surface area contributed by atoms with E-state index in [2.05, 4.69) is 271 Å². The number of aliphatic imine (C=N–C) groups is 3. The number of alkyl halides is 2. The number of benzene rings is 1. The van der Waals surface area contributed by atoms with E-state index in [9.17, 15) is 36.3 Å². The summed E-state index contributed by atoms with van der Waals surface area (Å²) in [7, 11) is 5.02. The number of H-pyrrole nitrogens is 7. The standard InChI is InChI=1S/C14H17FN2.C11H16FN.C11H14N4.C11H17N.C10H17N3O.C10H17NO.C9H15N3O.C9H14N2O.C9H16N2O.C8H12F2N2.C8H13FN2/c1-9-7-5-6-8-10(9)12-11(15)13(17-16-12)14(2,3)4;1-11(2,3)10-9(12)8(6-13-10)7-4-5-7;1-11(2,3)10-6-8(14-15-10)9-7-12-4-5-13-9;1-8(2)9-6-10(12-7-9)11(3,4)5;1-10(2,3)8-6-7(11-12-8)9(14)13(4)5;1-5-12-8-6-9(11-7-8)10(2,3)4;1-9(2,3)7-5-6(11-12-7)8(13)10-4;1-6(12)7-5-8(11-10-7)9(2,3)4;1-5-12-8-6-7(10-11-8)9(2,3)4;1-8(2,3)6-4-5-12(11-6)7(9)10;1-5-6(9)7(11-10-5)8(2,3)4/h5-8H,1-4H3,(H,16,17);7H,4-6H2,1-3H3;4-7H,1-3H3,(H,14,15);6H,1,7H2,2-5H3;6H,1-5H3,(H,11,12);6H,5,7H2,1-4H3;5H,1-4H3,(H,10,13)(H,11,12);5H,1-4H3,(H,10,11);6H,5H2,1-4H3,(H,10,11);4-5,7H,1-3H3;1-4H3,(H,10,11). The first-order valence-electron chi connectivity index (χ1n) is 48.7. The molecule has 28 nitrogen and oxygen atoms in total. The van der Waals surface area contributed by atoms with Crippen molar-refractivity contribution in [3.8, 4) is 28.5 Å². The van der Waals surface area contributed by atoms with E-state index < -0.39 is 6.55 Å². The zero-order valence-corrected chi connectivity index (χ0v) is 93.7. The second-order valence-electron chi connectivity index (χ2n) is 47.1. The van der Waals surface area contributed by atoms with Gasteiger partial charge in [-0.1, -0.05) is 265 Å². The van der Waals surface area contributed by atoms with Crippen LogP contribution in [-0.2, 0) is 48.1 Å². The Morgan fingerprint density at radius 2 is 1.00 bits per heavy atom. The molecule has 0 saturated heterocycles. The molecule has 2 amide bonds. The average molecular weight is 1990 g/mol. The van der Waals surface area contributed by atoms with E-state index in [0.717, 1.165) is 106 Å². The van der Waals surface area contributed by atoms with Gasteiger partial charge in [0.2, 0.25) is 5.88 Å². The lowest BCUT2D eigenvalue weighted by molar-refractivity contribution is 0.0558. The Morgan fingerprint density at radius 1 is 0.510 bits per heavy atom. The normalized spacial score (nSPS) is 13.8. The Morgan fingerprint density at radius 3 is 1.36 bits per heavy atom. The summed E-state index contributed by atoms with van der Waals surface area (Å²) < 4.78 is 76.7. The number of aromatic amines is 7. The van der Waals surface area contributed by atoms with Crippen LogP contribution in [0.3, 0.4) is 0 Å². The van der Waals surface area contributed by atoms with Gasteiger partial charge < -0.3 is 19.7 Å². The number of carbonyl (C=O) groups excluding carboxylic acids is 3. The Bertz CT molecular complexity index is 5930. The minimum Gasteiger partial charge on any atom is -0.496 e. The third-order valence-corrected chi connectivity index (χ3v) is 22.0. The summed E-state index contributed by atoms with van der Waals surface area (Å²) >= 11 is 0. The first-order valence-corrected chi connectivity index (χ1v) is 48.7. The zero-order valence-electron chi connectivity index (χ0n) is 93.7. The van der Waals surface area contributed by atoms with E-state index in [4.69, 9.17) is 9.47 Å². The molecule has 0 unspecified atom stereocenters. The molecule has 14 rings (SSSR count). The summed E-state index contributed by atoms with van der Waals surface area (Å²) in [6.45, 7) is 84.1. The molecular weight excluding hydrogens is 1820 g/mol. The number of aryl methyl sites for hydroxylation is 2. The molecule has 0 spiro atoms. The fourth-order valence-electron chi connectivity index (χ4n) is 12.7. The van der Waals surface area contributed by atoms with Crippen molar-refractivity contribution in [2.24, 2.45) is 37.1 Å². The molecule has 1 saturated carbocycles. The van der Waals surface area contributed by atoms with E-state index in [1.165, 1.54) is 29.3 Å². The second-order valence-corrected chi connectivity index (χ2v) is 47.1. The number of nitrogens with zero attached hydrogens (tertiary/aromatic N) is 15. The molecule has 8 N–H and O–H groups in total. The van der Waals surface area contributed by atoms with Crippen molar-refractivity contribution in [3.63, 3.8) is 0 Å². The van der Waals surface area contributed by atoms with Gasteiger partial charge in [0.05, 0.1) is 61.8 Å². The van der Waals surface area contributed by atoms with Gasteiger partial charge in [0.15, 0.2) is 17.4 Å². The lowest BCUT2D eigenvalue weighted by atomic mass is 9.89. The number of carbonyl (C=O) groups is 3. The Kier molecular flexibility index (Phi) is 44.2. The maximum Gasteiger partial charge on any atom is 0.333 e. The lowest BCUT2D eigenvalue weighted by Crippen LogP contribution is -2.22. The first kappa shape index (κ1) is 123. The molecule has 10 aromatic rings. The fraction of sp³-hybridized carbons (Fsp3) is 0.564. The number of ketones is 1. The maximum absolute atomic E-state index is 14.3. The summed E-state index contributed by atoms with van der Waals surface area (Å²) in [5.41, 5.74) is 18.9. The van der Waals surface area contributed by atoms with Crippen LogP contribution in [0.4, 0.5) is 22.0 Å². The van der Waals surface area contributed by atoms with Gasteiger partial charge in [-0.25, -0.2) is 17.9 Å². The van der Waals surface area contributed by atoms with Gasteiger partial charge in [0, 0.05) is 158 Å². The van der Waals surface area contributed by atoms with Crippen molar-refractivity contribution in [2.75, 3.05) is 54.0 Å². The molecule has 1 fully saturated rings. The lowest BCUT2D eigenvalue weighted by Gasteiger charge is -2.17. The van der Waals surface area contributed by atoms with Crippen LogP contribution in [0.15, 0.2) is 147 Å². The fourth-order valence-corrected chi connectivity index (χ4v) is 12.7. The molecule has 12 heterocycles. The number of hydrogen-bond acceptors (Lipinski definition) is 18. The largest absolute Gasteiger partial charge is 0.496 e. The van der Waals surface area contributed by atoms with Crippen molar-refractivity contribution in [2.45, 2.75) is 333 Å². The van der Waals surface area contributed by atoms with Crippen LogP contribution in [0, 0.1) is 47.6 Å². The number of amides is 2. The molecule has 788 valence electrons. The molecule has 33 heteroatoms. The van der Waals surface area contributed by atoms with Gasteiger partial charge in [-0.15, -0.1) is 5.10 Å². The van der Waals surface area contributed by atoms with Gasteiger partial charge in [-0.2, -0.15) is 44.5 Å². The van der Waals surface area contributed by atoms with E-state index in [1.807, 2.05) is 159 Å². The number of nitrogens with one attached hydrogen (secondary N) is 8. The Hall–Kier alpha value is -12.2. The maximum atomic E-state index is 14.3. The molecule has 143 heavy (non-hydrogen) atoms. The van der Waals surface area contributed by atoms with Crippen LogP contribution in [0.1, 0.15) is 364 Å². The average Bonchev–Trinajstić information content (AvgIpc) is 1.64. The number of aromatic nitrogens is 18. The monoisotopic (exact) mass is 1990 g/mol. The topological polar surface area (TPSA) is 366 Å². The van der Waals surface area contributed by atoms with Crippen LogP contribution in [0.2, 0.25) is 0 Å². The van der Waals surface area contributed by atoms with Gasteiger partial charge in [-0.3, -0.25) is 75.0 Å². The predicted octanol–water partition coefficient (Wildman–Crippen LogP) is 25.7. The van der Waals surface area contributed by atoms with Crippen molar-refractivity contribution in [1.82, 2.24) is 101 Å². The number of halogens is 5.